The molecule has 19 heavy (non-hydrogen) atoms. The van der Waals surface area contributed by atoms with Crippen LogP contribution in [0.2, 0.25) is 0 Å². The fourth-order valence-electron chi connectivity index (χ4n) is 3.22. The smallest absolute Gasteiger partial charge is 0.0165 e. The van der Waals surface area contributed by atoms with Crippen molar-refractivity contribution >= 4 is 0 Å². The highest BCUT2D eigenvalue weighted by atomic mass is 15.2. The summed E-state index contributed by atoms with van der Waals surface area (Å²) < 4.78 is 0. The van der Waals surface area contributed by atoms with Crippen molar-refractivity contribution in [2.75, 3.05) is 45.8 Å². The second-order valence-corrected chi connectivity index (χ2v) is 6.63. The Morgan fingerprint density at radius 3 is 2.63 bits per heavy atom. The molecule has 0 amide bonds. The zero-order chi connectivity index (χ0) is 13.6. The minimum Gasteiger partial charge on any atom is -0.317 e. The molecular formula is C15H32N4. The normalized spacial score (nSPS) is 34.4. The number of nitrogens with zero attached hydrogens (tertiary/aromatic N) is 1. The predicted octanol–water partition coefficient (Wildman–Crippen LogP) is 0.792. The molecule has 0 aromatic rings. The Labute approximate surface area is 118 Å². The van der Waals surface area contributed by atoms with Gasteiger partial charge in [0.15, 0.2) is 0 Å². The van der Waals surface area contributed by atoms with E-state index >= 15 is 0 Å². The Balaban J connectivity index is 2.04. The highest BCUT2D eigenvalue weighted by Crippen LogP contribution is 2.20. The minimum absolute atomic E-state index is 0.321. The van der Waals surface area contributed by atoms with E-state index < -0.39 is 0 Å². The lowest BCUT2D eigenvalue weighted by atomic mass is 9.96. The molecular weight excluding hydrogens is 236 g/mol. The van der Waals surface area contributed by atoms with E-state index in [0.717, 1.165) is 32.7 Å². The summed E-state index contributed by atoms with van der Waals surface area (Å²) in [6.07, 6.45) is 5.05. The summed E-state index contributed by atoms with van der Waals surface area (Å²) >= 11 is 0. The van der Waals surface area contributed by atoms with E-state index in [-0.39, 0.29) is 0 Å². The third-order valence-electron chi connectivity index (χ3n) is 4.70. The molecule has 0 spiro atoms. The van der Waals surface area contributed by atoms with E-state index in [9.17, 15) is 0 Å². The molecule has 112 valence electrons. The Morgan fingerprint density at radius 1 is 0.895 bits per heavy atom. The average Bonchev–Trinajstić information content (AvgIpc) is 2.42. The summed E-state index contributed by atoms with van der Waals surface area (Å²) in [5.41, 5.74) is 0.321. The van der Waals surface area contributed by atoms with Gasteiger partial charge in [-0.25, -0.2) is 0 Å². The number of hydrogen-bond donors (Lipinski definition) is 3. The third kappa shape index (κ3) is 5.03. The summed E-state index contributed by atoms with van der Waals surface area (Å²) in [6.45, 7) is 12.9. The quantitative estimate of drug-likeness (QED) is 0.607. The molecule has 3 N–H and O–H groups in total. The molecule has 4 heteroatoms. The largest absolute Gasteiger partial charge is 0.317 e. The maximum Gasteiger partial charge on any atom is 0.0165 e. The van der Waals surface area contributed by atoms with Crippen LogP contribution >= 0.6 is 0 Å². The molecule has 0 aromatic carbocycles. The molecule has 0 aliphatic carbocycles. The van der Waals surface area contributed by atoms with Crippen molar-refractivity contribution in [2.24, 2.45) is 0 Å². The Kier molecular flexibility index (Phi) is 6.07. The van der Waals surface area contributed by atoms with Crippen molar-refractivity contribution in [1.82, 2.24) is 20.9 Å². The summed E-state index contributed by atoms with van der Waals surface area (Å²) in [6, 6.07) is 0.670. The van der Waals surface area contributed by atoms with Gasteiger partial charge in [0.1, 0.15) is 0 Å². The van der Waals surface area contributed by atoms with Gasteiger partial charge in [-0.1, -0.05) is 0 Å². The van der Waals surface area contributed by atoms with Gasteiger partial charge in [0, 0.05) is 31.2 Å². The SMILES string of the molecule is CC1(C)CCNCCNC2CCNCCCN1CC2. The van der Waals surface area contributed by atoms with E-state index in [0.29, 0.717) is 11.6 Å². The monoisotopic (exact) mass is 268 g/mol. The molecule has 2 bridgehead atoms. The van der Waals surface area contributed by atoms with Crippen LogP contribution in [0.15, 0.2) is 0 Å². The van der Waals surface area contributed by atoms with Gasteiger partial charge in [-0.15, -0.1) is 0 Å². The first-order valence-electron chi connectivity index (χ1n) is 8.08. The van der Waals surface area contributed by atoms with Gasteiger partial charge < -0.3 is 16.0 Å². The molecule has 2 atom stereocenters. The lowest BCUT2D eigenvalue weighted by molar-refractivity contribution is 0.103. The highest BCUT2D eigenvalue weighted by Gasteiger charge is 2.27. The zero-order valence-corrected chi connectivity index (χ0v) is 12.8. The van der Waals surface area contributed by atoms with Crippen molar-refractivity contribution in [3.05, 3.63) is 0 Å². The summed E-state index contributed by atoms with van der Waals surface area (Å²) in [7, 11) is 0. The van der Waals surface area contributed by atoms with Gasteiger partial charge in [0.25, 0.3) is 0 Å². The van der Waals surface area contributed by atoms with Gasteiger partial charge in [0.05, 0.1) is 0 Å². The first kappa shape index (κ1) is 15.2. The van der Waals surface area contributed by atoms with Crippen LogP contribution < -0.4 is 16.0 Å². The molecule has 0 saturated carbocycles. The minimum atomic E-state index is 0.321. The van der Waals surface area contributed by atoms with Crippen molar-refractivity contribution in [3.8, 4) is 0 Å². The predicted molar refractivity (Wildman–Crippen MR) is 81.7 cm³/mol. The molecule has 2 aliphatic rings. The first-order chi connectivity index (χ1) is 9.18. The average molecular weight is 268 g/mol. The Bertz CT molecular complexity index is 255. The lowest BCUT2D eigenvalue weighted by Crippen LogP contribution is -2.48. The number of rotatable bonds is 0. The third-order valence-corrected chi connectivity index (χ3v) is 4.70. The van der Waals surface area contributed by atoms with Crippen LogP contribution in [0.3, 0.4) is 0 Å². The maximum absolute atomic E-state index is 3.72. The Morgan fingerprint density at radius 2 is 1.74 bits per heavy atom. The van der Waals surface area contributed by atoms with E-state index in [1.165, 1.54) is 38.8 Å². The maximum atomic E-state index is 3.72. The fourth-order valence-corrected chi connectivity index (χ4v) is 3.22. The van der Waals surface area contributed by atoms with Crippen molar-refractivity contribution in [2.45, 2.75) is 51.1 Å². The standard InChI is InChI=1S/C15H32N4/c1-15(2)6-9-17-10-11-18-14-4-8-16-7-3-12-19(15)13-5-14/h14,16-18H,3-13H2,1-2H3. The van der Waals surface area contributed by atoms with E-state index in [4.69, 9.17) is 0 Å². The van der Waals surface area contributed by atoms with Gasteiger partial charge in [-0.3, -0.25) is 4.90 Å². The van der Waals surface area contributed by atoms with Crippen molar-refractivity contribution in [1.29, 1.82) is 0 Å². The fraction of sp³-hybridized carbons (Fsp3) is 1.00. The number of hydrogen-bond acceptors (Lipinski definition) is 4. The van der Waals surface area contributed by atoms with Crippen LogP contribution in [0.5, 0.6) is 0 Å². The van der Waals surface area contributed by atoms with Crippen LogP contribution in [-0.4, -0.2) is 62.3 Å². The van der Waals surface area contributed by atoms with E-state index in [1.807, 2.05) is 0 Å². The molecule has 2 heterocycles. The zero-order valence-electron chi connectivity index (χ0n) is 12.8. The summed E-state index contributed by atoms with van der Waals surface area (Å²) in [5.74, 6) is 0. The molecule has 0 aromatic heterocycles. The van der Waals surface area contributed by atoms with Crippen molar-refractivity contribution < 1.29 is 0 Å². The molecule has 2 aliphatic heterocycles. The van der Waals surface area contributed by atoms with Crippen LogP contribution in [0, 0.1) is 0 Å². The Hall–Kier alpha value is -0.160. The van der Waals surface area contributed by atoms with Crippen LogP contribution in [-0.2, 0) is 0 Å². The molecule has 0 radical (unpaired) electrons. The highest BCUT2D eigenvalue weighted by molar-refractivity contribution is 4.85. The van der Waals surface area contributed by atoms with E-state index in [1.54, 1.807) is 0 Å². The first-order valence-corrected chi connectivity index (χ1v) is 8.08. The topological polar surface area (TPSA) is 39.3 Å². The molecule has 2 fully saturated rings. The van der Waals surface area contributed by atoms with Crippen LogP contribution in [0.4, 0.5) is 0 Å². The molecule has 4 nitrogen and oxygen atoms in total. The molecule has 2 unspecified atom stereocenters. The summed E-state index contributed by atoms with van der Waals surface area (Å²) in [5, 5.41) is 10.9. The second kappa shape index (κ2) is 7.58. The van der Waals surface area contributed by atoms with Crippen LogP contribution in [0.1, 0.15) is 39.5 Å². The number of fused-ring (bicyclic) bond motifs is 3. The summed E-state index contributed by atoms with van der Waals surface area (Å²) in [4.78, 5) is 2.71. The van der Waals surface area contributed by atoms with Crippen molar-refractivity contribution in [3.63, 3.8) is 0 Å². The van der Waals surface area contributed by atoms with Gasteiger partial charge in [0.2, 0.25) is 0 Å². The van der Waals surface area contributed by atoms with Crippen LogP contribution in [0.25, 0.3) is 0 Å². The van der Waals surface area contributed by atoms with Gasteiger partial charge in [-0.2, -0.15) is 0 Å². The van der Waals surface area contributed by atoms with Gasteiger partial charge in [-0.05, 0) is 65.7 Å². The lowest BCUT2D eigenvalue weighted by Gasteiger charge is -2.40. The number of nitrogens with one attached hydrogen (secondary N) is 3. The van der Waals surface area contributed by atoms with Gasteiger partial charge >= 0.3 is 0 Å². The molecule has 2 rings (SSSR count). The van der Waals surface area contributed by atoms with E-state index in [2.05, 4.69) is 34.7 Å². The molecule has 2 saturated heterocycles. The second-order valence-electron chi connectivity index (χ2n) is 6.63.